The van der Waals surface area contributed by atoms with Gasteiger partial charge in [0.25, 0.3) is 0 Å². The summed E-state index contributed by atoms with van der Waals surface area (Å²) in [5.41, 5.74) is 24.5. The van der Waals surface area contributed by atoms with Crippen LogP contribution in [0.25, 0.3) is 66.8 Å². The summed E-state index contributed by atoms with van der Waals surface area (Å²) in [6.45, 7) is 30.8. The van der Waals surface area contributed by atoms with Gasteiger partial charge in [0.15, 0.2) is 0 Å². The number of benzene rings is 6. The average Bonchev–Trinajstić information content (AvgIpc) is 1.81. The number of halogens is 3. The fourth-order valence-corrected chi connectivity index (χ4v) is 16.8. The van der Waals surface area contributed by atoms with Crippen LogP contribution in [-0.4, -0.2) is 161 Å². The lowest BCUT2D eigenvalue weighted by molar-refractivity contribution is 0.00706. The van der Waals surface area contributed by atoms with E-state index < -0.39 is 34.6 Å². The van der Waals surface area contributed by atoms with E-state index in [1.54, 1.807) is 101 Å². The second kappa shape index (κ2) is 55.7. The normalized spacial score (nSPS) is 15.3. The van der Waals surface area contributed by atoms with Gasteiger partial charge in [-0.15, -0.1) is 37.2 Å². The number of pyridine rings is 6. The number of fused-ring (bicyclic) bond motifs is 5. The highest BCUT2D eigenvalue weighted by Gasteiger charge is 2.36. The number of ether oxygens (including phenoxy) is 9. The summed E-state index contributed by atoms with van der Waals surface area (Å²) in [6, 6.07) is 60.7. The smallest absolute Gasteiger partial charge is 0.410 e. The monoisotopic (exact) mass is 2010 g/mol. The fraction of sp³-hybridized carbons (Fsp3) is 0.391. The highest BCUT2D eigenvalue weighted by molar-refractivity contribution is 5.86. The molecule has 0 radical (unpaired) electrons. The first-order valence-corrected chi connectivity index (χ1v) is 46.8. The molecule has 6 aromatic carbocycles. The summed E-state index contributed by atoms with van der Waals surface area (Å²) < 4.78 is 51.3. The maximum absolute atomic E-state index is 12.2. The van der Waals surface area contributed by atoms with E-state index in [0.717, 1.165) is 117 Å². The molecule has 143 heavy (non-hydrogen) atoms. The second-order valence-electron chi connectivity index (χ2n) is 38.4. The lowest BCUT2D eigenvalue weighted by atomic mass is 9.94. The van der Waals surface area contributed by atoms with Crippen LogP contribution in [0.5, 0.6) is 0 Å². The number of aromatic nitrogens is 6. The molecule has 2 unspecified atom stereocenters. The summed E-state index contributed by atoms with van der Waals surface area (Å²) >= 11 is 0. The first kappa shape index (κ1) is 120. The minimum atomic E-state index is -0.953. The zero-order chi connectivity index (χ0) is 98.1. The van der Waals surface area contributed by atoms with Crippen molar-refractivity contribution in [1.82, 2.24) is 49.5 Å². The first-order valence-electron chi connectivity index (χ1n) is 46.8. The summed E-state index contributed by atoms with van der Waals surface area (Å²) in [7, 11) is 6.78. The number of amides is 4. The van der Waals surface area contributed by atoms with Gasteiger partial charge in [0.1, 0.15) is 40.7 Å². The molecular weight excluding hydrogens is 1870 g/mol. The molecule has 5 aliphatic rings. The van der Waals surface area contributed by atoms with Gasteiger partial charge in [-0.25, -0.2) is 19.2 Å². The van der Waals surface area contributed by atoms with Crippen LogP contribution in [-0.2, 0) is 82.3 Å². The zero-order valence-corrected chi connectivity index (χ0v) is 86.0. The topological polar surface area (TPSA) is 282 Å². The maximum atomic E-state index is 12.2. The van der Waals surface area contributed by atoms with E-state index in [4.69, 9.17) is 42.6 Å². The minimum Gasteiger partial charge on any atom is -0.444 e. The van der Waals surface area contributed by atoms with Crippen LogP contribution in [0.4, 0.5) is 19.2 Å². The van der Waals surface area contributed by atoms with Gasteiger partial charge in [0, 0.05) is 136 Å². The molecule has 17 rings (SSSR count). The number of rotatable bonds is 20. The Kier molecular flexibility index (Phi) is 46.5. The Morgan fingerprint density at radius 3 is 0.769 bits per heavy atom. The van der Waals surface area contributed by atoms with Crippen molar-refractivity contribution >= 4 is 61.6 Å². The molecule has 11 heterocycles. The van der Waals surface area contributed by atoms with Crippen molar-refractivity contribution in [2.24, 2.45) is 0 Å². The molecule has 2 N–H and O–H groups in total. The fourth-order valence-electron chi connectivity index (χ4n) is 16.8. The lowest BCUT2D eigenvalue weighted by Gasteiger charge is -2.27. The number of likely N-dealkylation sites (N-methyl/N-ethyl adjacent to an activating group) is 4. The standard InChI is InChI=1S/C20H26N2O4.3C20H24N2O3.2C16H17NO.3CH4.3ClH/c1-20(2,3)26-19(25)22(4)12-18(24)16-9-5-8-15(17(16)13-23)14-7-6-10-21-11-14;3*1-20(2,3)25-19(23)22(4)12-18-16-9-5-8-15(17(16)13-24-18)14-7-6-10-21-11-14;2*1-2-5-16-14-8-3-7-13(15(14)11-18-16)12-6-4-9-17-10-12;;;;;;/h5-11,18,23-24H,12-13H2,1-4H3;3*5-11,18H,12-13H2,1-4H3;2*3-4,6-10,16H,2,5,11H2,1H3;3*1H4;3*1H/t;2*18-;;2*16-;;;;;;/m.10.10....../s1. The molecule has 0 bridgehead atoms. The van der Waals surface area contributed by atoms with Crippen molar-refractivity contribution in [2.45, 2.75) is 244 Å². The molecule has 6 aromatic heterocycles. The average molecular weight is 2020 g/mol. The number of nitrogens with zero attached hydrogens (tertiary/aromatic N) is 10. The van der Waals surface area contributed by atoms with Crippen molar-refractivity contribution in [3.63, 3.8) is 0 Å². The number of aliphatic hydroxyl groups is 2. The van der Waals surface area contributed by atoms with E-state index in [0.29, 0.717) is 50.6 Å². The third-order valence-electron chi connectivity index (χ3n) is 23.2. The van der Waals surface area contributed by atoms with Crippen LogP contribution in [0.1, 0.15) is 248 Å². The summed E-state index contributed by atoms with van der Waals surface area (Å²) in [5, 5.41) is 20.5. The van der Waals surface area contributed by atoms with Crippen molar-refractivity contribution in [3.05, 3.63) is 323 Å². The Morgan fingerprint density at radius 2 is 0.545 bits per heavy atom. The molecule has 28 heteroatoms. The quantitative estimate of drug-likeness (QED) is 0.0670. The number of carbonyl (C=O) groups is 4. The van der Waals surface area contributed by atoms with Gasteiger partial charge < -0.3 is 72.4 Å². The van der Waals surface area contributed by atoms with Gasteiger partial charge in [-0.3, -0.25) is 29.9 Å². The molecular formula is C115H147Cl3N10O15. The minimum absolute atomic E-state index is 0. The maximum Gasteiger partial charge on any atom is 0.410 e. The van der Waals surface area contributed by atoms with Crippen molar-refractivity contribution < 1.29 is 72.0 Å². The largest absolute Gasteiger partial charge is 0.444 e. The van der Waals surface area contributed by atoms with E-state index in [9.17, 15) is 29.4 Å². The van der Waals surface area contributed by atoms with Gasteiger partial charge in [0.2, 0.25) is 0 Å². The van der Waals surface area contributed by atoms with E-state index in [2.05, 4.69) is 129 Å². The zero-order valence-electron chi connectivity index (χ0n) is 83.5. The van der Waals surface area contributed by atoms with E-state index >= 15 is 0 Å². The summed E-state index contributed by atoms with van der Waals surface area (Å²) in [4.78, 5) is 79.8. The van der Waals surface area contributed by atoms with Crippen LogP contribution in [0.3, 0.4) is 0 Å². The number of carbonyl (C=O) groups excluding carboxylic acids is 4. The molecule has 5 aliphatic heterocycles. The Bertz CT molecular complexity index is 5550. The molecule has 0 fully saturated rings. The van der Waals surface area contributed by atoms with Gasteiger partial charge in [0.05, 0.1) is 84.1 Å². The molecule has 4 amide bonds. The lowest BCUT2D eigenvalue weighted by Crippen LogP contribution is -2.36. The van der Waals surface area contributed by atoms with E-state index in [1.807, 2.05) is 197 Å². The van der Waals surface area contributed by atoms with E-state index in [-0.39, 0.29) is 121 Å². The Hall–Kier alpha value is -12.1. The Labute approximate surface area is 865 Å². The van der Waals surface area contributed by atoms with Gasteiger partial charge in [-0.2, -0.15) is 0 Å². The molecule has 0 saturated carbocycles. The highest BCUT2D eigenvalue weighted by Crippen LogP contribution is 2.45. The van der Waals surface area contributed by atoms with Crippen LogP contribution >= 0.6 is 37.2 Å². The van der Waals surface area contributed by atoms with Crippen LogP contribution in [0, 0.1) is 0 Å². The van der Waals surface area contributed by atoms with Crippen molar-refractivity contribution in [3.8, 4) is 66.8 Å². The predicted molar refractivity (Wildman–Crippen MR) is 574 cm³/mol. The first-order chi connectivity index (χ1) is 65.6. The molecule has 0 spiro atoms. The number of aliphatic hydroxyl groups excluding tert-OH is 2. The molecule has 0 aliphatic carbocycles. The van der Waals surface area contributed by atoms with Crippen LogP contribution in [0.2, 0.25) is 0 Å². The van der Waals surface area contributed by atoms with Gasteiger partial charge >= 0.3 is 24.4 Å². The van der Waals surface area contributed by atoms with Gasteiger partial charge in [-0.05, 0) is 232 Å². The third-order valence-corrected chi connectivity index (χ3v) is 23.2. The van der Waals surface area contributed by atoms with Gasteiger partial charge in [-0.1, -0.05) is 195 Å². The van der Waals surface area contributed by atoms with Crippen molar-refractivity contribution in [1.29, 1.82) is 0 Å². The molecule has 6 atom stereocenters. The van der Waals surface area contributed by atoms with Crippen LogP contribution in [0.15, 0.2) is 256 Å². The molecule has 25 nitrogen and oxygen atoms in total. The Morgan fingerprint density at radius 1 is 0.329 bits per heavy atom. The number of hydrogen-bond donors (Lipinski definition) is 2. The molecule has 12 aromatic rings. The predicted octanol–water partition coefficient (Wildman–Crippen LogP) is 27.1. The Balaban J connectivity index is 0.000000262. The number of hydrogen-bond acceptors (Lipinski definition) is 21. The highest BCUT2D eigenvalue weighted by atomic mass is 35.5. The van der Waals surface area contributed by atoms with E-state index in [1.165, 1.54) is 49.4 Å². The SMILES string of the molecule is C.C.C.CCC[C@@H]1OCc2c(-c3cccnc3)cccc21.CCC[C@H]1OCc2c(-c3cccnc3)cccc21.CN(CC(O)c1cccc(-c2cccnc2)c1CO)C(=O)OC(C)(C)C.CN(CC1OCc2c(-c3cccnc3)cccc21)C(=O)OC(C)(C)C.CN(C[C@@H]1OCc2c(-c3cccnc3)cccc21)C(=O)OC(C)(C)C.CN(C[C@H]1OCc2c(-c3cccnc3)cccc21)C(=O)OC(C)(C)C.Cl.Cl.Cl. The molecule has 768 valence electrons. The van der Waals surface area contributed by atoms with Crippen molar-refractivity contribution in [2.75, 3.05) is 54.4 Å². The van der Waals surface area contributed by atoms with Crippen LogP contribution < -0.4 is 0 Å². The third kappa shape index (κ3) is 33.2. The second-order valence-corrected chi connectivity index (χ2v) is 38.4. The summed E-state index contributed by atoms with van der Waals surface area (Å²) in [6.07, 6.45) is 23.8. The summed E-state index contributed by atoms with van der Waals surface area (Å²) in [5.74, 6) is 0. The molecule has 0 saturated heterocycles.